The lowest BCUT2D eigenvalue weighted by atomic mass is 9.68. The predicted octanol–water partition coefficient (Wildman–Crippen LogP) is 3.64. The first kappa shape index (κ1) is 12.0. The van der Waals surface area contributed by atoms with E-state index in [1.807, 2.05) is 53.1 Å². The van der Waals surface area contributed by atoms with Crippen LogP contribution in [0.4, 0.5) is 5.69 Å². The number of hydrogen-bond donors (Lipinski definition) is 0. The van der Waals surface area contributed by atoms with Crippen molar-refractivity contribution in [1.82, 2.24) is 0 Å². The second-order valence-electron chi connectivity index (χ2n) is 5.61. The summed E-state index contributed by atoms with van der Waals surface area (Å²) in [6.07, 6.45) is 0. The summed E-state index contributed by atoms with van der Waals surface area (Å²) in [6.45, 7) is 2.10. The van der Waals surface area contributed by atoms with Gasteiger partial charge in [-0.15, -0.1) is 11.8 Å². The van der Waals surface area contributed by atoms with Crippen LogP contribution in [0.5, 0.6) is 0 Å². The minimum atomic E-state index is -0.255. The molecule has 2 atom stereocenters. The van der Waals surface area contributed by atoms with Crippen LogP contribution >= 0.6 is 11.8 Å². The number of benzene rings is 2. The zero-order valence-corrected chi connectivity index (χ0v) is 12.1. The van der Waals surface area contributed by atoms with Gasteiger partial charge in [-0.2, -0.15) is 0 Å². The topological polar surface area (TPSA) is 20.3 Å². The van der Waals surface area contributed by atoms with Crippen molar-refractivity contribution in [3.05, 3.63) is 66.2 Å². The third-order valence-corrected chi connectivity index (χ3v) is 6.50. The Labute approximate surface area is 122 Å². The average molecular weight is 281 g/mol. The normalized spacial score (nSPS) is 31.2. The molecular formula is C17H15NOS. The molecule has 3 heteroatoms. The number of anilines is 1. The van der Waals surface area contributed by atoms with Gasteiger partial charge in [-0.05, 0) is 24.6 Å². The summed E-state index contributed by atoms with van der Waals surface area (Å²) >= 11 is 1.87. The summed E-state index contributed by atoms with van der Waals surface area (Å²) in [5.41, 5.74) is 1.96. The lowest BCUT2D eigenvalue weighted by Gasteiger charge is -2.70. The highest BCUT2D eigenvalue weighted by atomic mass is 32.2. The number of fused-ring (bicyclic) bond motifs is 1. The molecule has 2 nitrogen and oxygen atoms in total. The van der Waals surface area contributed by atoms with Gasteiger partial charge >= 0.3 is 0 Å². The van der Waals surface area contributed by atoms with Crippen LogP contribution in [-0.2, 0) is 9.67 Å². The molecule has 0 aliphatic carbocycles. The summed E-state index contributed by atoms with van der Waals surface area (Å²) in [7, 11) is 0. The van der Waals surface area contributed by atoms with Gasteiger partial charge in [0, 0.05) is 11.4 Å². The SMILES string of the molecule is C[C@@]12CS[C@@]1(c1ccccc1)N(c1ccccc1)C2=O. The summed E-state index contributed by atoms with van der Waals surface area (Å²) in [5.74, 6) is 1.15. The molecule has 2 aromatic rings. The van der Waals surface area contributed by atoms with E-state index in [1.165, 1.54) is 5.56 Å². The van der Waals surface area contributed by atoms with E-state index < -0.39 is 0 Å². The Morgan fingerprint density at radius 1 is 1.00 bits per heavy atom. The van der Waals surface area contributed by atoms with Crippen LogP contribution in [0.15, 0.2) is 60.7 Å². The molecular weight excluding hydrogens is 266 g/mol. The molecule has 4 rings (SSSR count). The maximum absolute atomic E-state index is 12.6. The number of hydrogen-bond acceptors (Lipinski definition) is 2. The number of carbonyl (C=O) groups excluding carboxylic acids is 1. The van der Waals surface area contributed by atoms with Crippen LogP contribution < -0.4 is 4.90 Å². The van der Waals surface area contributed by atoms with Crippen molar-refractivity contribution in [2.75, 3.05) is 10.7 Å². The fourth-order valence-corrected chi connectivity index (χ4v) is 5.03. The van der Waals surface area contributed by atoms with Crippen LogP contribution in [0, 0.1) is 5.41 Å². The third kappa shape index (κ3) is 1.20. The van der Waals surface area contributed by atoms with Gasteiger partial charge in [0.25, 0.3) is 0 Å². The molecule has 0 unspecified atom stereocenters. The van der Waals surface area contributed by atoms with Gasteiger partial charge in [-0.1, -0.05) is 48.5 Å². The molecule has 2 aliphatic rings. The Hall–Kier alpha value is -1.74. The van der Waals surface area contributed by atoms with Gasteiger partial charge in [0.15, 0.2) is 0 Å². The van der Waals surface area contributed by atoms with E-state index in [2.05, 4.69) is 31.2 Å². The lowest BCUT2D eigenvalue weighted by Crippen LogP contribution is -2.80. The van der Waals surface area contributed by atoms with E-state index in [-0.39, 0.29) is 16.2 Å². The maximum atomic E-state index is 12.6. The summed E-state index contributed by atoms with van der Waals surface area (Å²) in [6, 6.07) is 20.4. The Bertz CT molecular complexity index is 672. The molecule has 100 valence electrons. The quantitative estimate of drug-likeness (QED) is 0.783. The molecule has 2 aliphatic heterocycles. The molecule has 0 bridgehead atoms. The van der Waals surface area contributed by atoms with Gasteiger partial charge < -0.3 is 0 Å². The van der Waals surface area contributed by atoms with Crippen LogP contribution in [0.2, 0.25) is 0 Å². The van der Waals surface area contributed by atoms with E-state index >= 15 is 0 Å². The number of para-hydroxylation sites is 1. The van der Waals surface area contributed by atoms with Crippen molar-refractivity contribution in [2.24, 2.45) is 5.41 Å². The Morgan fingerprint density at radius 3 is 2.15 bits per heavy atom. The van der Waals surface area contributed by atoms with Crippen LogP contribution in [0.1, 0.15) is 12.5 Å². The second kappa shape index (κ2) is 3.89. The number of amides is 1. The smallest absolute Gasteiger partial charge is 0.238 e. The molecule has 1 amide bonds. The van der Waals surface area contributed by atoms with Gasteiger partial charge in [-0.25, -0.2) is 0 Å². The van der Waals surface area contributed by atoms with E-state index in [0.29, 0.717) is 0 Å². The Morgan fingerprint density at radius 2 is 1.60 bits per heavy atom. The number of β-lactam (4-membered cyclic amide) rings is 1. The molecule has 0 N–H and O–H groups in total. The number of thioether (sulfide) groups is 1. The first-order chi connectivity index (χ1) is 9.70. The molecule has 0 aromatic heterocycles. The number of rotatable bonds is 2. The van der Waals surface area contributed by atoms with E-state index in [1.54, 1.807) is 0 Å². The highest BCUT2D eigenvalue weighted by Crippen LogP contribution is 2.71. The molecule has 0 spiro atoms. The molecule has 0 radical (unpaired) electrons. The van der Waals surface area contributed by atoms with Crippen LogP contribution in [-0.4, -0.2) is 11.7 Å². The maximum Gasteiger partial charge on any atom is 0.238 e. The third-order valence-electron chi connectivity index (χ3n) is 4.49. The van der Waals surface area contributed by atoms with Crippen molar-refractivity contribution in [3.8, 4) is 0 Å². The fourth-order valence-electron chi connectivity index (χ4n) is 3.35. The summed E-state index contributed by atoms with van der Waals surface area (Å²) in [4.78, 5) is 14.4. The second-order valence-corrected chi connectivity index (χ2v) is 6.78. The van der Waals surface area contributed by atoms with Crippen molar-refractivity contribution in [1.29, 1.82) is 0 Å². The molecule has 0 saturated carbocycles. The average Bonchev–Trinajstić information content (AvgIpc) is 2.51. The lowest BCUT2D eigenvalue weighted by molar-refractivity contribution is -0.140. The van der Waals surface area contributed by atoms with Gasteiger partial charge in [0.1, 0.15) is 4.87 Å². The van der Waals surface area contributed by atoms with E-state index in [4.69, 9.17) is 0 Å². The van der Waals surface area contributed by atoms with Crippen molar-refractivity contribution < 1.29 is 4.79 Å². The zero-order valence-electron chi connectivity index (χ0n) is 11.2. The van der Waals surface area contributed by atoms with Crippen LogP contribution in [0.25, 0.3) is 0 Å². The Balaban J connectivity index is 1.86. The zero-order chi connectivity index (χ0) is 13.8. The summed E-state index contributed by atoms with van der Waals surface area (Å²) in [5, 5.41) is 0. The van der Waals surface area contributed by atoms with Crippen molar-refractivity contribution in [2.45, 2.75) is 11.8 Å². The largest absolute Gasteiger partial charge is 0.291 e. The standard InChI is InChI=1S/C17H15NOS/c1-16-12-20-17(16,13-8-4-2-5-9-13)18(15(16)19)14-10-6-3-7-11-14/h2-11H,12H2,1H3/t16-,17+/m0/s1. The number of nitrogens with zero attached hydrogens (tertiary/aromatic N) is 1. The molecule has 20 heavy (non-hydrogen) atoms. The molecule has 2 heterocycles. The monoisotopic (exact) mass is 281 g/mol. The van der Waals surface area contributed by atoms with E-state index in [0.717, 1.165) is 11.4 Å². The first-order valence-electron chi connectivity index (χ1n) is 6.79. The van der Waals surface area contributed by atoms with Gasteiger partial charge in [0.05, 0.1) is 5.41 Å². The van der Waals surface area contributed by atoms with E-state index in [9.17, 15) is 4.79 Å². The minimum absolute atomic E-state index is 0.216. The molecule has 2 aromatic carbocycles. The fraction of sp³-hybridized carbons (Fsp3) is 0.235. The molecule has 2 fully saturated rings. The van der Waals surface area contributed by atoms with Crippen molar-refractivity contribution >= 4 is 23.4 Å². The Kier molecular flexibility index (Phi) is 2.34. The first-order valence-corrected chi connectivity index (χ1v) is 7.78. The van der Waals surface area contributed by atoms with Crippen molar-refractivity contribution in [3.63, 3.8) is 0 Å². The predicted molar refractivity (Wildman–Crippen MR) is 82.6 cm³/mol. The summed E-state index contributed by atoms with van der Waals surface area (Å²) < 4.78 is 0. The molecule has 2 saturated heterocycles. The van der Waals surface area contributed by atoms with Gasteiger partial charge in [0.2, 0.25) is 5.91 Å². The minimum Gasteiger partial charge on any atom is -0.291 e. The number of carbonyl (C=O) groups is 1. The highest BCUT2D eigenvalue weighted by molar-refractivity contribution is 8.02. The van der Waals surface area contributed by atoms with Gasteiger partial charge in [-0.3, -0.25) is 9.69 Å². The highest BCUT2D eigenvalue weighted by Gasteiger charge is 2.76. The van der Waals surface area contributed by atoms with Crippen LogP contribution in [0.3, 0.4) is 0 Å².